The van der Waals surface area contributed by atoms with E-state index in [4.69, 9.17) is 11.6 Å². The Labute approximate surface area is 180 Å². The van der Waals surface area contributed by atoms with Crippen LogP contribution in [0.2, 0.25) is 5.02 Å². The van der Waals surface area contributed by atoms with Gasteiger partial charge in [0, 0.05) is 24.7 Å². The monoisotopic (exact) mass is 528 g/mol. The van der Waals surface area contributed by atoms with Crippen molar-refractivity contribution in [1.82, 2.24) is 15.4 Å². The average Bonchev–Trinajstić information content (AvgIpc) is 3.13. The van der Waals surface area contributed by atoms with Crippen molar-refractivity contribution in [3.63, 3.8) is 0 Å². The molecule has 6 nitrogen and oxygen atoms in total. The van der Waals surface area contributed by atoms with Crippen molar-refractivity contribution < 1.29 is 8.42 Å². The summed E-state index contributed by atoms with van der Waals surface area (Å²) >= 11 is 7.06. The molecule has 0 radical (unpaired) electrons. The van der Waals surface area contributed by atoms with Crippen LogP contribution < -0.4 is 15.4 Å². The molecule has 144 valence electrons. The molecule has 0 aliphatic rings. The number of nitrogens with zero attached hydrogens (tertiary/aromatic N) is 1. The van der Waals surface area contributed by atoms with Crippen LogP contribution in [0.4, 0.5) is 0 Å². The van der Waals surface area contributed by atoms with Crippen LogP contribution in [-0.2, 0) is 16.6 Å². The van der Waals surface area contributed by atoms with Crippen LogP contribution in [0.15, 0.2) is 51.0 Å². The Bertz CT molecular complexity index is 781. The van der Waals surface area contributed by atoms with Crippen LogP contribution in [0.1, 0.15) is 12.5 Å². The summed E-state index contributed by atoms with van der Waals surface area (Å²) in [6.07, 6.45) is 0. The molecule has 0 spiro atoms. The molecule has 2 aromatic rings. The fourth-order valence-electron chi connectivity index (χ4n) is 1.96. The molecule has 0 amide bonds. The van der Waals surface area contributed by atoms with Gasteiger partial charge in [-0.05, 0) is 36.1 Å². The van der Waals surface area contributed by atoms with Gasteiger partial charge in [0.05, 0.1) is 6.54 Å². The third kappa shape index (κ3) is 7.78. The van der Waals surface area contributed by atoms with Crippen LogP contribution >= 0.6 is 46.9 Å². The zero-order valence-corrected chi connectivity index (χ0v) is 19.0. The lowest BCUT2D eigenvalue weighted by atomic mass is 10.2. The molecule has 0 unspecified atom stereocenters. The molecule has 1 heterocycles. The minimum atomic E-state index is -3.43. The Hall–Kier alpha value is -0.880. The largest absolute Gasteiger partial charge is 0.357 e. The van der Waals surface area contributed by atoms with E-state index in [0.29, 0.717) is 34.8 Å². The number of thiophene rings is 1. The van der Waals surface area contributed by atoms with Gasteiger partial charge in [-0.1, -0.05) is 29.8 Å². The zero-order chi connectivity index (χ0) is 18.1. The molecule has 3 N–H and O–H groups in total. The summed E-state index contributed by atoms with van der Waals surface area (Å²) < 4.78 is 26.9. The third-order valence-corrected chi connectivity index (χ3v) is 6.26. The molecular weight excluding hydrogens is 507 g/mol. The highest BCUT2D eigenvalue weighted by molar-refractivity contribution is 14.0. The smallest absolute Gasteiger partial charge is 0.250 e. The van der Waals surface area contributed by atoms with Gasteiger partial charge in [0.1, 0.15) is 4.21 Å². The highest BCUT2D eigenvalue weighted by Gasteiger charge is 2.13. The fraction of sp³-hybridized carbons (Fsp3) is 0.312. The highest BCUT2D eigenvalue weighted by Crippen LogP contribution is 2.14. The number of hydrogen-bond acceptors (Lipinski definition) is 4. The van der Waals surface area contributed by atoms with Crippen molar-refractivity contribution in [1.29, 1.82) is 0 Å². The van der Waals surface area contributed by atoms with Gasteiger partial charge in [0.25, 0.3) is 0 Å². The Balaban J connectivity index is 0.00000338. The summed E-state index contributed by atoms with van der Waals surface area (Å²) in [6.45, 7) is 3.89. The molecule has 0 aliphatic carbocycles. The lowest BCUT2D eigenvalue weighted by molar-refractivity contribution is 0.582. The van der Waals surface area contributed by atoms with Gasteiger partial charge < -0.3 is 10.6 Å². The van der Waals surface area contributed by atoms with E-state index in [-0.39, 0.29) is 30.5 Å². The minimum Gasteiger partial charge on any atom is -0.357 e. The first-order valence-electron chi connectivity index (χ1n) is 7.81. The number of guanidine groups is 1. The van der Waals surface area contributed by atoms with E-state index in [2.05, 4.69) is 20.3 Å². The quantitative estimate of drug-likeness (QED) is 0.213. The lowest BCUT2D eigenvalue weighted by Gasteiger charge is -2.12. The summed E-state index contributed by atoms with van der Waals surface area (Å²) in [6, 6.07) is 10.8. The second kappa shape index (κ2) is 11.8. The van der Waals surface area contributed by atoms with E-state index in [1.807, 2.05) is 31.2 Å². The van der Waals surface area contributed by atoms with Crippen molar-refractivity contribution in [3.8, 4) is 0 Å². The zero-order valence-electron chi connectivity index (χ0n) is 14.2. The van der Waals surface area contributed by atoms with Crippen molar-refractivity contribution in [2.24, 2.45) is 4.99 Å². The molecule has 26 heavy (non-hydrogen) atoms. The van der Waals surface area contributed by atoms with E-state index in [1.54, 1.807) is 17.5 Å². The molecule has 0 saturated heterocycles. The first kappa shape index (κ1) is 23.2. The van der Waals surface area contributed by atoms with Gasteiger partial charge >= 0.3 is 0 Å². The number of halogens is 2. The molecule has 1 aromatic carbocycles. The SMILES string of the molecule is CCNC(=NCc1ccc(Cl)cc1)NCCNS(=O)(=O)c1cccs1.I. The molecule has 0 aliphatic heterocycles. The Morgan fingerprint density at radius 2 is 1.88 bits per heavy atom. The average molecular weight is 529 g/mol. The number of rotatable bonds is 8. The van der Waals surface area contributed by atoms with E-state index >= 15 is 0 Å². The maximum Gasteiger partial charge on any atom is 0.250 e. The van der Waals surface area contributed by atoms with E-state index in [1.165, 1.54) is 11.3 Å². The summed E-state index contributed by atoms with van der Waals surface area (Å²) in [5.41, 5.74) is 1.04. The second-order valence-electron chi connectivity index (χ2n) is 5.08. The summed E-state index contributed by atoms with van der Waals surface area (Å²) in [4.78, 5) is 4.47. The molecule has 2 rings (SSSR count). The first-order valence-corrected chi connectivity index (χ1v) is 10.5. The maximum atomic E-state index is 12.0. The molecule has 0 saturated carbocycles. The van der Waals surface area contributed by atoms with Crippen LogP contribution in [0, 0.1) is 0 Å². The number of benzene rings is 1. The van der Waals surface area contributed by atoms with Gasteiger partial charge in [-0.3, -0.25) is 0 Å². The molecule has 10 heteroatoms. The van der Waals surface area contributed by atoms with Crippen molar-refractivity contribution in [2.75, 3.05) is 19.6 Å². The second-order valence-corrected chi connectivity index (χ2v) is 8.46. The molecule has 0 bridgehead atoms. The third-order valence-electron chi connectivity index (χ3n) is 3.15. The standard InChI is InChI=1S/C16H21ClN4O2S2.HI/c1-2-18-16(20-12-13-5-7-14(17)8-6-13)19-9-10-21-25(22,23)15-4-3-11-24-15;/h3-8,11,21H,2,9-10,12H2,1H3,(H2,18,19,20);1H. The molecule has 1 aromatic heterocycles. The number of hydrogen-bond donors (Lipinski definition) is 3. The predicted molar refractivity (Wildman–Crippen MR) is 119 cm³/mol. The van der Waals surface area contributed by atoms with Gasteiger partial charge in [0.2, 0.25) is 10.0 Å². The summed E-state index contributed by atoms with van der Waals surface area (Å²) in [5, 5.41) is 8.66. The van der Waals surface area contributed by atoms with Gasteiger partial charge in [-0.25, -0.2) is 18.1 Å². The topological polar surface area (TPSA) is 82.6 Å². The molecule has 0 fully saturated rings. The molecular formula is C16H22ClIN4O2S2. The predicted octanol–water partition coefficient (Wildman–Crippen LogP) is 3.05. The Morgan fingerprint density at radius 1 is 1.15 bits per heavy atom. The van der Waals surface area contributed by atoms with E-state index in [9.17, 15) is 8.42 Å². The number of sulfonamides is 1. The van der Waals surface area contributed by atoms with Crippen LogP contribution in [-0.4, -0.2) is 34.0 Å². The minimum absolute atomic E-state index is 0. The Kier molecular flexibility index (Phi) is 10.5. The van der Waals surface area contributed by atoms with Gasteiger partial charge in [-0.15, -0.1) is 35.3 Å². The van der Waals surface area contributed by atoms with Crippen molar-refractivity contribution in [2.45, 2.75) is 17.7 Å². The van der Waals surface area contributed by atoms with Gasteiger partial charge in [-0.2, -0.15) is 0 Å². The molecule has 0 atom stereocenters. The normalized spacial score (nSPS) is 11.7. The maximum absolute atomic E-state index is 12.0. The van der Waals surface area contributed by atoms with Gasteiger partial charge in [0.15, 0.2) is 5.96 Å². The first-order chi connectivity index (χ1) is 12.0. The summed E-state index contributed by atoms with van der Waals surface area (Å²) in [7, 11) is -3.43. The number of nitrogens with one attached hydrogen (secondary N) is 3. The summed E-state index contributed by atoms with van der Waals surface area (Å²) in [5.74, 6) is 0.632. The van der Waals surface area contributed by atoms with E-state index < -0.39 is 10.0 Å². The van der Waals surface area contributed by atoms with E-state index in [0.717, 1.165) is 5.56 Å². The Morgan fingerprint density at radius 3 is 2.50 bits per heavy atom. The van der Waals surface area contributed by atoms with Crippen LogP contribution in [0.25, 0.3) is 0 Å². The van der Waals surface area contributed by atoms with Crippen molar-refractivity contribution in [3.05, 3.63) is 52.4 Å². The van der Waals surface area contributed by atoms with Crippen molar-refractivity contribution >= 4 is 62.9 Å². The number of aliphatic imine (C=N–C) groups is 1. The van der Waals surface area contributed by atoms with Crippen LogP contribution in [0.5, 0.6) is 0 Å². The fourth-order valence-corrected chi connectivity index (χ4v) is 4.15. The van der Waals surface area contributed by atoms with Crippen LogP contribution in [0.3, 0.4) is 0 Å². The lowest BCUT2D eigenvalue weighted by Crippen LogP contribution is -2.41. The highest BCUT2D eigenvalue weighted by atomic mass is 127.